The van der Waals surface area contributed by atoms with Crippen molar-refractivity contribution in [2.24, 2.45) is 0 Å². The lowest BCUT2D eigenvalue weighted by molar-refractivity contribution is -0.139. The molecular weight excluding hydrogens is 358 g/mol. The van der Waals surface area contributed by atoms with Gasteiger partial charge >= 0.3 is 12.0 Å². The highest BCUT2D eigenvalue weighted by Gasteiger charge is 2.27. The van der Waals surface area contributed by atoms with Crippen molar-refractivity contribution in [2.45, 2.75) is 25.8 Å². The Kier molecular flexibility index (Phi) is 8.00. The number of hydrogen-bond donors (Lipinski definition) is 2. The maximum atomic E-state index is 12.2. The Hall–Kier alpha value is -1.99. The number of ether oxygens (including phenoxy) is 1. The molecular formula is C18H26ClN3O4. The van der Waals surface area contributed by atoms with Crippen molar-refractivity contribution in [2.75, 3.05) is 39.3 Å². The van der Waals surface area contributed by atoms with Crippen LogP contribution >= 0.6 is 11.6 Å². The summed E-state index contributed by atoms with van der Waals surface area (Å²) in [5.74, 6) is -0.141. The number of carboxylic acids is 1. The van der Waals surface area contributed by atoms with E-state index in [-0.39, 0.29) is 18.6 Å². The number of aliphatic carboxylic acids is 1. The summed E-state index contributed by atoms with van der Waals surface area (Å²) in [5.41, 5.74) is 0. The van der Waals surface area contributed by atoms with Crippen LogP contribution in [0.3, 0.4) is 0 Å². The zero-order valence-electron chi connectivity index (χ0n) is 15.0. The van der Waals surface area contributed by atoms with Crippen LogP contribution in [0.2, 0.25) is 5.02 Å². The van der Waals surface area contributed by atoms with Crippen LogP contribution in [0.4, 0.5) is 4.79 Å². The van der Waals surface area contributed by atoms with E-state index in [9.17, 15) is 9.59 Å². The van der Waals surface area contributed by atoms with Gasteiger partial charge in [0.15, 0.2) is 0 Å². The van der Waals surface area contributed by atoms with Gasteiger partial charge in [0, 0.05) is 24.2 Å². The number of carboxylic acid groups (broad SMARTS) is 1. The molecule has 1 fully saturated rings. The molecule has 7 nitrogen and oxygen atoms in total. The predicted molar refractivity (Wildman–Crippen MR) is 99.8 cm³/mol. The SMILES string of the molecule is CCN(CC(=O)O)C1CCN(C(=O)NCCOc2cccc(Cl)c2)CC1. The third-order valence-electron chi connectivity index (χ3n) is 4.46. The number of hydrogen-bond acceptors (Lipinski definition) is 4. The smallest absolute Gasteiger partial charge is 0.317 e. The molecule has 8 heteroatoms. The molecule has 1 aliphatic heterocycles. The minimum Gasteiger partial charge on any atom is -0.492 e. The number of rotatable bonds is 8. The summed E-state index contributed by atoms with van der Waals surface area (Å²) in [4.78, 5) is 26.9. The molecule has 0 saturated carbocycles. The average molecular weight is 384 g/mol. The Morgan fingerprint density at radius 3 is 2.73 bits per heavy atom. The van der Waals surface area contributed by atoms with Crippen LogP contribution in [0.1, 0.15) is 19.8 Å². The number of nitrogens with zero attached hydrogens (tertiary/aromatic N) is 2. The summed E-state index contributed by atoms with van der Waals surface area (Å²) in [7, 11) is 0. The standard InChI is InChI=1S/C18H26ClN3O4/c1-2-21(13-17(23)24)15-6-9-22(10-7-15)18(25)20-8-11-26-16-5-3-4-14(19)12-16/h3-5,12,15H,2,6-11,13H2,1H3,(H,20,25)(H,23,24). The van der Waals surface area contributed by atoms with Crippen molar-refractivity contribution in [3.8, 4) is 5.75 Å². The lowest BCUT2D eigenvalue weighted by atomic mass is 10.0. The monoisotopic (exact) mass is 383 g/mol. The summed E-state index contributed by atoms with van der Waals surface area (Å²) in [5, 5.41) is 12.4. The Balaban J connectivity index is 1.67. The van der Waals surface area contributed by atoms with Crippen molar-refractivity contribution in [1.29, 1.82) is 0 Å². The number of carbonyl (C=O) groups excluding carboxylic acids is 1. The fraction of sp³-hybridized carbons (Fsp3) is 0.556. The zero-order valence-corrected chi connectivity index (χ0v) is 15.7. The summed E-state index contributed by atoms with van der Waals surface area (Å²) < 4.78 is 5.54. The van der Waals surface area contributed by atoms with Crippen LogP contribution in [-0.2, 0) is 4.79 Å². The lowest BCUT2D eigenvalue weighted by Crippen LogP contribution is -2.50. The number of likely N-dealkylation sites (tertiary alicyclic amines) is 1. The molecule has 0 aromatic heterocycles. The minimum absolute atomic E-state index is 0.0498. The van der Waals surface area contributed by atoms with Crippen LogP contribution in [0.15, 0.2) is 24.3 Å². The topological polar surface area (TPSA) is 82.1 Å². The van der Waals surface area contributed by atoms with E-state index < -0.39 is 5.97 Å². The van der Waals surface area contributed by atoms with Gasteiger partial charge in [-0.15, -0.1) is 0 Å². The Morgan fingerprint density at radius 2 is 2.12 bits per heavy atom. The maximum Gasteiger partial charge on any atom is 0.317 e. The first-order valence-electron chi connectivity index (χ1n) is 8.86. The molecule has 2 amide bonds. The van der Waals surface area contributed by atoms with Crippen LogP contribution in [0.25, 0.3) is 0 Å². The molecule has 2 rings (SSSR count). The van der Waals surface area contributed by atoms with Crippen LogP contribution in [0.5, 0.6) is 5.75 Å². The second kappa shape index (κ2) is 10.2. The van der Waals surface area contributed by atoms with Crippen molar-refractivity contribution < 1.29 is 19.4 Å². The van der Waals surface area contributed by atoms with Gasteiger partial charge in [0.25, 0.3) is 0 Å². The third-order valence-corrected chi connectivity index (χ3v) is 4.69. The summed E-state index contributed by atoms with van der Waals surface area (Å²) in [6, 6.07) is 7.23. The number of urea groups is 1. The van der Waals surface area contributed by atoms with Gasteiger partial charge in [-0.3, -0.25) is 9.69 Å². The molecule has 1 heterocycles. The Labute approximate surface area is 158 Å². The molecule has 26 heavy (non-hydrogen) atoms. The number of piperidine rings is 1. The second-order valence-corrected chi connectivity index (χ2v) is 6.65. The first-order chi connectivity index (χ1) is 12.5. The first kappa shape index (κ1) is 20.3. The van der Waals surface area contributed by atoms with Gasteiger partial charge in [-0.1, -0.05) is 24.6 Å². The van der Waals surface area contributed by atoms with Crippen LogP contribution in [-0.4, -0.2) is 72.3 Å². The second-order valence-electron chi connectivity index (χ2n) is 6.21. The molecule has 2 N–H and O–H groups in total. The van der Waals surface area contributed by atoms with Gasteiger partial charge in [-0.05, 0) is 37.6 Å². The van der Waals surface area contributed by atoms with Crippen molar-refractivity contribution >= 4 is 23.6 Å². The average Bonchev–Trinajstić information content (AvgIpc) is 2.63. The molecule has 1 aliphatic rings. The van der Waals surface area contributed by atoms with Gasteiger partial charge in [0.05, 0.1) is 13.1 Å². The fourth-order valence-corrected chi connectivity index (χ4v) is 3.28. The molecule has 1 aromatic carbocycles. The highest BCUT2D eigenvalue weighted by Crippen LogP contribution is 2.17. The molecule has 1 aromatic rings. The van der Waals surface area contributed by atoms with Crippen molar-refractivity contribution in [3.63, 3.8) is 0 Å². The van der Waals surface area contributed by atoms with Gasteiger partial charge in [0.1, 0.15) is 12.4 Å². The van der Waals surface area contributed by atoms with Crippen molar-refractivity contribution in [1.82, 2.24) is 15.1 Å². The van der Waals surface area contributed by atoms with E-state index in [0.717, 1.165) is 12.8 Å². The van der Waals surface area contributed by atoms with Crippen molar-refractivity contribution in [3.05, 3.63) is 29.3 Å². The van der Waals surface area contributed by atoms with E-state index in [2.05, 4.69) is 5.32 Å². The maximum absolute atomic E-state index is 12.2. The molecule has 0 unspecified atom stereocenters. The molecule has 144 valence electrons. The van der Waals surface area contributed by atoms with Gasteiger partial charge in [-0.25, -0.2) is 4.79 Å². The number of likely N-dealkylation sites (N-methyl/N-ethyl adjacent to an activating group) is 1. The van der Waals surface area contributed by atoms with Gasteiger partial charge in [0.2, 0.25) is 0 Å². The van der Waals surface area contributed by atoms with E-state index in [1.807, 2.05) is 24.0 Å². The zero-order chi connectivity index (χ0) is 18.9. The number of amides is 2. The summed E-state index contributed by atoms with van der Waals surface area (Å²) >= 11 is 5.89. The summed E-state index contributed by atoms with van der Waals surface area (Å²) in [6.45, 7) is 4.74. The van der Waals surface area contributed by atoms with E-state index >= 15 is 0 Å². The van der Waals surface area contributed by atoms with Gasteiger partial charge < -0.3 is 20.1 Å². The number of nitrogens with one attached hydrogen (secondary N) is 1. The molecule has 0 atom stereocenters. The predicted octanol–water partition coefficient (Wildman–Crippen LogP) is 2.30. The number of halogens is 1. The van der Waals surface area contributed by atoms with E-state index in [1.54, 1.807) is 17.0 Å². The quantitative estimate of drug-likeness (QED) is 0.673. The minimum atomic E-state index is -0.813. The van der Waals surface area contributed by atoms with Gasteiger partial charge in [-0.2, -0.15) is 0 Å². The molecule has 0 bridgehead atoms. The normalized spacial score (nSPS) is 15.1. The van der Waals surface area contributed by atoms with E-state index in [4.69, 9.17) is 21.4 Å². The highest BCUT2D eigenvalue weighted by molar-refractivity contribution is 6.30. The highest BCUT2D eigenvalue weighted by atomic mass is 35.5. The van der Waals surface area contributed by atoms with E-state index in [1.165, 1.54) is 0 Å². The number of benzene rings is 1. The van der Waals surface area contributed by atoms with Crippen LogP contribution < -0.4 is 10.1 Å². The fourth-order valence-electron chi connectivity index (χ4n) is 3.10. The largest absolute Gasteiger partial charge is 0.492 e. The molecule has 0 aliphatic carbocycles. The number of carbonyl (C=O) groups is 2. The van der Waals surface area contributed by atoms with Crippen LogP contribution in [0, 0.1) is 0 Å². The summed E-state index contributed by atoms with van der Waals surface area (Å²) in [6.07, 6.45) is 1.57. The Morgan fingerprint density at radius 1 is 1.38 bits per heavy atom. The van der Waals surface area contributed by atoms with E-state index in [0.29, 0.717) is 43.6 Å². The molecule has 1 saturated heterocycles. The molecule has 0 spiro atoms. The molecule has 0 radical (unpaired) electrons. The lowest BCUT2D eigenvalue weighted by Gasteiger charge is -2.37. The third kappa shape index (κ3) is 6.38. The Bertz CT molecular complexity index is 606. The first-order valence-corrected chi connectivity index (χ1v) is 9.24.